The highest BCUT2D eigenvalue weighted by Gasteiger charge is 2.25. The molecular weight excluding hydrogens is 739 g/mol. The van der Waals surface area contributed by atoms with Gasteiger partial charge in [-0.15, -0.1) is 0 Å². The number of aromatic nitrogens is 3. The fraction of sp³-hybridized carbons (Fsp3) is 0.0690. The van der Waals surface area contributed by atoms with Gasteiger partial charge in [-0.05, 0) is 94.6 Å². The molecule has 290 valence electrons. The first-order valence-corrected chi connectivity index (χ1v) is 21.3. The van der Waals surface area contributed by atoms with E-state index in [0.29, 0.717) is 0 Å². The molecule has 2 aliphatic carbocycles. The molecule has 0 aliphatic heterocycles. The second-order valence-corrected chi connectivity index (χ2v) is 16.0. The summed E-state index contributed by atoms with van der Waals surface area (Å²) < 4.78 is 2.52. The summed E-state index contributed by atoms with van der Waals surface area (Å²) in [5, 5.41) is 2.47. The zero-order valence-corrected chi connectivity index (χ0v) is 33.8. The highest BCUT2D eigenvalue weighted by Crippen LogP contribution is 2.45. The monoisotopic (exact) mass is 781 g/mol. The van der Waals surface area contributed by atoms with Crippen molar-refractivity contribution in [2.75, 3.05) is 0 Å². The molecule has 0 spiro atoms. The number of rotatable bonds is 8. The molecule has 0 fully saturated rings. The summed E-state index contributed by atoms with van der Waals surface area (Å²) in [6.07, 6.45) is 18.7. The van der Waals surface area contributed by atoms with E-state index in [0.717, 1.165) is 64.3 Å². The molecule has 2 aliphatic rings. The van der Waals surface area contributed by atoms with Gasteiger partial charge >= 0.3 is 0 Å². The number of nitrogens with zero attached hydrogens (tertiary/aromatic N) is 3. The third-order valence-electron chi connectivity index (χ3n) is 12.2. The zero-order valence-electron chi connectivity index (χ0n) is 33.8. The molecule has 0 saturated heterocycles. The second kappa shape index (κ2) is 15.9. The minimum atomic E-state index is 0.150. The fourth-order valence-electron chi connectivity index (χ4n) is 9.13. The van der Waals surface area contributed by atoms with Crippen LogP contribution in [0.3, 0.4) is 0 Å². The normalized spacial score (nSPS) is 14.8. The van der Waals surface area contributed by atoms with E-state index in [1.165, 1.54) is 55.3 Å². The summed E-state index contributed by atoms with van der Waals surface area (Å²) in [7, 11) is 0. The summed E-state index contributed by atoms with van der Waals surface area (Å²) >= 11 is 0. The summed E-state index contributed by atoms with van der Waals surface area (Å²) in [5.41, 5.74) is 17.0. The Labute approximate surface area is 357 Å². The van der Waals surface area contributed by atoms with Crippen molar-refractivity contribution in [2.45, 2.75) is 25.2 Å². The van der Waals surface area contributed by atoms with Crippen molar-refractivity contribution in [1.82, 2.24) is 14.5 Å². The van der Waals surface area contributed by atoms with Crippen molar-refractivity contribution in [2.24, 2.45) is 0 Å². The average Bonchev–Trinajstić information content (AvgIpc) is 3.68. The van der Waals surface area contributed by atoms with Gasteiger partial charge in [0, 0.05) is 33.4 Å². The van der Waals surface area contributed by atoms with Gasteiger partial charge in [-0.2, -0.15) is 0 Å². The van der Waals surface area contributed by atoms with Crippen LogP contribution < -0.4 is 0 Å². The molecule has 0 saturated carbocycles. The number of fused-ring (bicyclic) bond motifs is 3. The number of hydrogen-bond acceptors (Lipinski definition) is 2. The lowest BCUT2D eigenvalue weighted by Gasteiger charge is -2.25. The van der Waals surface area contributed by atoms with Crippen LogP contribution >= 0.6 is 0 Å². The van der Waals surface area contributed by atoms with Gasteiger partial charge in [0.25, 0.3) is 0 Å². The van der Waals surface area contributed by atoms with Crippen LogP contribution in [0.1, 0.15) is 36.4 Å². The van der Waals surface area contributed by atoms with E-state index in [2.05, 4.69) is 223 Å². The Morgan fingerprint density at radius 3 is 1.82 bits per heavy atom. The van der Waals surface area contributed by atoms with Crippen molar-refractivity contribution in [3.63, 3.8) is 0 Å². The maximum atomic E-state index is 5.42. The van der Waals surface area contributed by atoms with E-state index in [1.807, 2.05) is 0 Å². The fourth-order valence-corrected chi connectivity index (χ4v) is 9.13. The van der Waals surface area contributed by atoms with Crippen molar-refractivity contribution < 1.29 is 0 Å². The van der Waals surface area contributed by atoms with E-state index in [9.17, 15) is 0 Å². The van der Waals surface area contributed by atoms with Crippen molar-refractivity contribution >= 4 is 27.4 Å². The molecule has 7 aromatic carbocycles. The lowest BCUT2D eigenvalue weighted by atomic mass is 9.85. The van der Waals surface area contributed by atoms with Gasteiger partial charge in [0.2, 0.25) is 0 Å². The molecule has 1 atom stereocenters. The van der Waals surface area contributed by atoms with Gasteiger partial charge < -0.3 is 4.57 Å². The molecule has 11 rings (SSSR count). The molecule has 3 nitrogen and oxygen atoms in total. The minimum Gasteiger partial charge on any atom is -0.308 e. The standard InChI is InChI=1S/C58H43N3/c1-6-18-40(19-7-1)42-30-32-46(33-31-42)58-59-53(45-26-14-5-15-27-45)39-54(60-58)48-37-50(43-22-10-3-11-23-43)57(51(38-48)44-24-12-4-13-25-44)61-55-29-17-16-28-49(55)52-36-47(34-35-56(52)61)41-20-8-2-9-21-41/h1-4,6-14,16-24,26-39,44H,5,15,25H2/t44-/m1/s1. The maximum absolute atomic E-state index is 5.42. The second-order valence-electron chi connectivity index (χ2n) is 16.0. The molecular formula is C58H43N3. The molecule has 9 aromatic rings. The molecule has 0 bridgehead atoms. The first-order chi connectivity index (χ1) is 30.2. The third-order valence-corrected chi connectivity index (χ3v) is 12.2. The van der Waals surface area contributed by atoms with Gasteiger partial charge in [0.1, 0.15) is 0 Å². The Balaban J connectivity index is 1.16. The lowest BCUT2D eigenvalue weighted by molar-refractivity contribution is 0.844. The van der Waals surface area contributed by atoms with Crippen molar-refractivity contribution in [3.05, 3.63) is 230 Å². The van der Waals surface area contributed by atoms with Crippen LogP contribution in [0.15, 0.2) is 218 Å². The summed E-state index contributed by atoms with van der Waals surface area (Å²) in [4.78, 5) is 10.7. The lowest BCUT2D eigenvalue weighted by Crippen LogP contribution is -2.08. The number of benzene rings is 7. The number of allylic oxidation sites excluding steroid dienone is 8. The zero-order chi connectivity index (χ0) is 40.5. The van der Waals surface area contributed by atoms with Crippen molar-refractivity contribution in [3.8, 4) is 61.7 Å². The predicted octanol–water partition coefficient (Wildman–Crippen LogP) is 15.2. The number of para-hydroxylation sites is 1. The van der Waals surface area contributed by atoms with Crippen LogP contribution in [0.2, 0.25) is 0 Å². The molecule has 2 aromatic heterocycles. The van der Waals surface area contributed by atoms with E-state index in [1.54, 1.807) is 0 Å². The Morgan fingerprint density at radius 1 is 0.459 bits per heavy atom. The van der Waals surface area contributed by atoms with Gasteiger partial charge in [-0.3, -0.25) is 0 Å². The summed E-state index contributed by atoms with van der Waals surface area (Å²) in [6.45, 7) is 0. The maximum Gasteiger partial charge on any atom is 0.160 e. The van der Waals surface area contributed by atoms with Gasteiger partial charge in [-0.1, -0.05) is 182 Å². The van der Waals surface area contributed by atoms with Crippen LogP contribution in [-0.4, -0.2) is 14.5 Å². The Hall–Kier alpha value is -7.62. The van der Waals surface area contributed by atoms with Crippen LogP contribution in [0.4, 0.5) is 0 Å². The van der Waals surface area contributed by atoms with E-state index in [4.69, 9.17) is 9.97 Å². The average molecular weight is 782 g/mol. The highest BCUT2D eigenvalue weighted by atomic mass is 15.0. The molecule has 0 N–H and O–H groups in total. The van der Waals surface area contributed by atoms with Crippen molar-refractivity contribution in [1.29, 1.82) is 0 Å². The van der Waals surface area contributed by atoms with Crippen LogP contribution in [0, 0.1) is 0 Å². The topological polar surface area (TPSA) is 30.7 Å². The van der Waals surface area contributed by atoms with E-state index in [-0.39, 0.29) is 5.92 Å². The molecule has 0 unspecified atom stereocenters. The highest BCUT2D eigenvalue weighted by molar-refractivity contribution is 6.11. The van der Waals surface area contributed by atoms with Crippen LogP contribution in [0.25, 0.3) is 89.1 Å². The van der Waals surface area contributed by atoms with E-state index < -0.39 is 0 Å². The van der Waals surface area contributed by atoms with Crippen LogP contribution in [-0.2, 0) is 0 Å². The quantitative estimate of drug-likeness (QED) is 0.154. The molecule has 0 amide bonds. The molecule has 2 heterocycles. The van der Waals surface area contributed by atoms with Gasteiger partial charge in [0.05, 0.1) is 28.1 Å². The predicted molar refractivity (Wildman–Crippen MR) is 256 cm³/mol. The molecule has 0 radical (unpaired) electrons. The first-order valence-electron chi connectivity index (χ1n) is 21.3. The molecule has 3 heteroatoms. The first kappa shape index (κ1) is 36.5. The summed E-state index contributed by atoms with van der Waals surface area (Å²) in [6, 6.07) is 63.6. The Kier molecular flexibility index (Phi) is 9.48. The third kappa shape index (κ3) is 6.94. The largest absolute Gasteiger partial charge is 0.308 e. The van der Waals surface area contributed by atoms with E-state index >= 15 is 0 Å². The Bertz CT molecular complexity index is 3190. The van der Waals surface area contributed by atoms with Crippen LogP contribution in [0.5, 0.6) is 0 Å². The number of hydrogen-bond donors (Lipinski definition) is 0. The SMILES string of the molecule is C1=CC[C@H](c2cc(-c3cc(C4=CCCC=C4)nc(-c4ccc(-c5ccccc5)cc4)n3)cc(-c3ccccc3)c2-n2c3ccccc3c3cc(-c4ccccc4)ccc32)C=C1. The summed E-state index contributed by atoms with van der Waals surface area (Å²) in [5.74, 6) is 0.869. The smallest absolute Gasteiger partial charge is 0.160 e. The minimum absolute atomic E-state index is 0.150. The molecule has 61 heavy (non-hydrogen) atoms. The Morgan fingerprint density at radius 2 is 1.10 bits per heavy atom. The van der Waals surface area contributed by atoms with Gasteiger partial charge in [-0.25, -0.2) is 9.97 Å². The van der Waals surface area contributed by atoms with Gasteiger partial charge in [0.15, 0.2) is 5.82 Å².